The van der Waals surface area contributed by atoms with Crippen LogP contribution in [0, 0.1) is 38.9 Å². The number of nitrogens with zero attached hydrogens (tertiary/aromatic N) is 5. The topological polar surface area (TPSA) is 180 Å². The standard InChI is InChI=1S/C55H62ClFN8O6S2/c1-29-22-23-72-49(29)37-12-10-35(11-13-37)32(4)59-52(69)44-25-40(66)28-64(44)53(70)50(55(7,8)9)61-45(67)21-16-38-24-41(19-20-42(38)57)71-30(2)27-58-46(68)26-43-51-63-62-34(6)65(51)54-47(31(3)33(5)73-54)48(60-43)36-14-17-39(56)18-15-36/h10-15,17-20,22-24,30,32,40,43-44,50,66H,16,21,25-28H2,1-9H3,(H,58,68)(H,59,69)(H,61,67)/t30?,32-,40+,43?,44-,50+/m0/s1. The number of rotatable bonds is 16. The Morgan fingerprint density at radius 3 is 2.33 bits per heavy atom. The third-order valence-electron chi connectivity index (χ3n) is 13.5. The van der Waals surface area contributed by atoms with E-state index in [4.69, 9.17) is 21.3 Å². The van der Waals surface area contributed by atoms with E-state index in [0.717, 1.165) is 43.4 Å². The van der Waals surface area contributed by atoms with E-state index < -0.39 is 59.3 Å². The second-order valence-corrected chi connectivity index (χ2v) is 22.7. The van der Waals surface area contributed by atoms with E-state index in [1.807, 2.05) is 87.7 Å². The predicted molar refractivity (Wildman–Crippen MR) is 284 cm³/mol. The van der Waals surface area contributed by atoms with Gasteiger partial charge in [0.05, 0.1) is 30.8 Å². The van der Waals surface area contributed by atoms with Crippen molar-refractivity contribution < 1.29 is 33.4 Å². The van der Waals surface area contributed by atoms with Gasteiger partial charge in [0.25, 0.3) is 0 Å². The van der Waals surface area contributed by atoms with E-state index in [1.54, 1.807) is 29.6 Å². The Balaban J connectivity index is 0.862. The molecule has 1 saturated heterocycles. The fraction of sp³-hybridized carbons (Fsp3) is 0.400. The zero-order valence-electron chi connectivity index (χ0n) is 42.5. The fourth-order valence-electron chi connectivity index (χ4n) is 9.31. The summed E-state index contributed by atoms with van der Waals surface area (Å²) in [6.45, 7) is 17.2. The van der Waals surface area contributed by atoms with Crippen molar-refractivity contribution in [2.75, 3.05) is 13.1 Å². The van der Waals surface area contributed by atoms with Crippen LogP contribution in [-0.4, -0.2) is 91.5 Å². The maximum absolute atomic E-state index is 15.3. The smallest absolute Gasteiger partial charge is 0.246 e. The number of aryl methyl sites for hydroxylation is 4. The van der Waals surface area contributed by atoms with Gasteiger partial charge in [0, 0.05) is 45.3 Å². The number of carbonyl (C=O) groups is 4. The van der Waals surface area contributed by atoms with Crippen molar-refractivity contribution >= 4 is 63.6 Å². The highest BCUT2D eigenvalue weighted by Gasteiger charge is 2.45. The molecule has 4 amide bonds. The van der Waals surface area contributed by atoms with Crippen LogP contribution in [-0.2, 0) is 25.6 Å². The van der Waals surface area contributed by atoms with Crippen molar-refractivity contribution in [2.24, 2.45) is 10.4 Å². The van der Waals surface area contributed by atoms with Crippen LogP contribution in [0.5, 0.6) is 5.75 Å². The van der Waals surface area contributed by atoms with Gasteiger partial charge in [0.15, 0.2) is 5.82 Å². The second kappa shape index (κ2) is 22.1. The summed E-state index contributed by atoms with van der Waals surface area (Å²) in [5, 5.41) is 32.1. The second-order valence-electron chi connectivity index (χ2n) is 20.1. The molecule has 8 rings (SSSR count). The molecular weight excluding hydrogens is 987 g/mol. The van der Waals surface area contributed by atoms with Gasteiger partial charge in [-0.25, -0.2) is 4.39 Å². The van der Waals surface area contributed by atoms with Crippen LogP contribution in [0.2, 0.25) is 5.02 Å². The molecular formula is C55H62ClFN8O6S2. The van der Waals surface area contributed by atoms with Gasteiger partial charge in [-0.15, -0.1) is 32.9 Å². The average Bonchev–Trinajstić information content (AvgIpc) is 4.12. The van der Waals surface area contributed by atoms with Crippen LogP contribution in [0.1, 0.15) is 116 Å². The van der Waals surface area contributed by atoms with Crippen LogP contribution in [0.15, 0.2) is 83.2 Å². The van der Waals surface area contributed by atoms with Gasteiger partial charge in [-0.2, -0.15) is 0 Å². The third kappa shape index (κ3) is 11.9. The summed E-state index contributed by atoms with van der Waals surface area (Å²) in [5.41, 5.74) is 6.28. The number of halogens is 2. The molecule has 73 heavy (non-hydrogen) atoms. The van der Waals surface area contributed by atoms with E-state index in [-0.39, 0.29) is 56.3 Å². The number of likely N-dealkylation sites (tertiary alicyclic amines) is 1. The van der Waals surface area contributed by atoms with Crippen LogP contribution in [0.3, 0.4) is 0 Å². The number of hydrogen-bond acceptors (Lipinski definition) is 11. The maximum atomic E-state index is 15.3. The molecule has 0 radical (unpaired) electrons. The van der Waals surface area contributed by atoms with Gasteiger partial charge < -0.3 is 30.7 Å². The summed E-state index contributed by atoms with van der Waals surface area (Å²) in [6, 6.07) is 18.8. The summed E-state index contributed by atoms with van der Waals surface area (Å²) in [5.74, 6) is -0.599. The number of aliphatic imine (C=N–C) groups is 1. The Kier molecular flexibility index (Phi) is 16.0. The van der Waals surface area contributed by atoms with Crippen molar-refractivity contribution in [1.29, 1.82) is 0 Å². The molecule has 2 aliphatic heterocycles. The summed E-state index contributed by atoms with van der Waals surface area (Å²) < 4.78 is 23.4. The third-order valence-corrected chi connectivity index (χ3v) is 16.0. The molecule has 6 atom stereocenters. The molecule has 1 fully saturated rings. The highest BCUT2D eigenvalue weighted by Crippen LogP contribution is 2.40. The molecule has 0 saturated carbocycles. The number of aliphatic hydroxyl groups is 1. The predicted octanol–water partition coefficient (Wildman–Crippen LogP) is 9.25. The number of carbonyl (C=O) groups excluding carboxylic acids is 4. The maximum Gasteiger partial charge on any atom is 0.246 e. The number of amides is 4. The number of hydrogen-bond donors (Lipinski definition) is 4. The Bertz CT molecular complexity index is 3050. The molecule has 6 aromatic rings. The Morgan fingerprint density at radius 2 is 1.64 bits per heavy atom. The summed E-state index contributed by atoms with van der Waals surface area (Å²) in [4.78, 5) is 64.2. The lowest BCUT2D eigenvalue weighted by molar-refractivity contribution is -0.144. The first-order chi connectivity index (χ1) is 34.7. The summed E-state index contributed by atoms with van der Waals surface area (Å²) in [7, 11) is 0. The highest BCUT2D eigenvalue weighted by atomic mass is 35.5. The van der Waals surface area contributed by atoms with Gasteiger partial charge in [-0.05, 0) is 123 Å². The Hall–Kier alpha value is -6.27. The van der Waals surface area contributed by atoms with E-state index in [2.05, 4.69) is 58.4 Å². The monoisotopic (exact) mass is 1050 g/mol. The van der Waals surface area contributed by atoms with E-state index in [1.165, 1.54) is 33.5 Å². The Labute approximate surface area is 438 Å². The first-order valence-corrected chi connectivity index (χ1v) is 26.5. The number of fused-ring (bicyclic) bond motifs is 3. The van der Waals surface area contributed by atoms with Crippen molar-refractivity contribution in [3.8, 4) is 21.2 Å². The molecule has 0 aliphatic carbocycles. The lowest BCUT2D eigenvalue weighted by Crippen LogP contribution is -2.57. The molecule has 2 aliphatic rings. The molecule has 2 unspecified atom stereocenters. The van der Waals surface area contributed by atoms with Gasteiger partial charge >= 0.3 is 0 Å². The minimum atomic E-state index is -1.05. The highest BCUT2D eigenvalue weighted by molar-refractivity contribution is 7.15. The first kappa shape index (κ1) is 53.0. The number of benzene rings is 3. The van der Waals surface area contributed by atoms with Crippen LogP contribution < -0.4 is 20.7 Å². The molecule has 4 N–H and O–H groups in total. The molecule has 14 nitrogen and oxygen atoms in total. The van der Waals surface area contributed by atoms with E-state index in [9.17, 15) is 24.3 Å². The minimum Gasteiger partial charge on any atom is -0.489 e. The van der Waals surface area contributed by atoms with Gasteiger partial charge in [-0.1, -0.05) is 68.8 Å². The van der Waals surface area contributed by atoms with Gasteiger partial charge in [-0.3, -0.25) is 28.7 Å². The minimum absolute atomic E-state index is 0.0000182. The average molecular weight is 1050 g/mol. The number of aliphatic hydroxyl groups excluding tert-OH is 1. The van der Waals surface area contributed by atoms with Gasteiger partial charge in [0.2, 0.25) is 23.6 Å². The van der Waals surface area contributed by atoms with Crippen molar-refractivity contribution in [2.45, 2.75) is 124 Å². The number of thiophene rings is 2. The largest absolute Gasteiger partial charge is 0.489 e. The summed E-state index contributed by atoms with van der Waals surface area (Å²) in [6.07, 6.45) is -1.56. The number of aromatic nitrogens is 3. The van der Waals surface area contributed by atoms with Gasteiger partial charge in [0.1, 0.15) is 46.6 Å². The molecule has 18 heteroatoms. The van der Waals surface area contributed by atoms with Crippen LogP contribution in [0.25, 0.3) is 15.4 Å². The van der Waals surface area contributed by atoms with Crippen molar-refractivity contribution in [1.82, 2.24) is 35.6 Å². The van der Waals surface area contributed by atoms with E-state index in [0.29, 0.717) is 22.4 Å². The van der Waals surface area contributed by atoms with E-state index >= 15 is 4.39 Å². The Morgan fingerprint density at radius 1 is 0.932 bits per heavy atom. The SMILES string of the molecule is Cc1ccsc1-c1ccc([C@H](C)NC(=O)[C@@H]2C[C@@H](O)CN2C(=O)[C@@H](NC(=O)CCc2cc(OC(C)CNC(=O)CC3N=C(c4ccc(Cl)cc4)c4c(sc(C)c4C)-n4c(C)nnc43)ccc2F)C(C)(C)C)cc1. The fourth-order valence-corrected chi connectivity index (χ4v) is 11.6. The number of nitrogens with one attached hydrogen (secondary N) is 3. The molecule has 0 spiro atoms. The molecule has 3 aromatic carbocycles. The zero-order chi connectivity index (χ0) is 52.5. The lowest BCUT2D eigenvalue weighted by Gasteiger charge is -2.35. The zero-order valence-corrected chi connectivity index (χ0v) is 44.9. The van der Waals surface area contributed by atoms with Crippen LogP contribution in [0.4, 0.5) is 4.39 Å². The lowest BCUT2D eigenvalue weighted by atomic mass is 9.85. The molecule has 384 valence electrons. The quantitative estimate of drug-likeness (QED) is 0.0741. The number of β-amino-alcohol motifs (C(OH)–C–C–N with tert-alkyl or cyclic N) is 1. The van der Waals surface area contributed by atoms with Crippen molar-refractivity contribution in [3.05, 3.63) is 139 Å². The molecule has 0 bridgehead atoms. The van der Waals surface area contributed by atoms with Crippen LogP contribution >= 0.6 is 34.3 Å². The summed E-state index contributed by atoms with van der Waals surface area (Å²) >= 11 is 9.56. The normalized spacial score (nSPS) is 17.7. The number of ether oxygens (including phenoxy) is 1. The molecule has 3 aromatic heterocycles. The molecule has 5 heterocycles. The first-order valence-electron chi connectivity index (χ1n) is 24.5. The van der Waals surface area contributed by atoms with Crippen molar-refractivity contribution in [3.63, 3.8) is 0 Å².